The molecule has 0 spiro atoms. The molecule has 5 heteroatoms. The Kier molecular flexibility index (Phi) is 4.41. The Morgan fingerprint density at radius 3 is 2.57 bits per heavy atom. The number of halogens is 1. The lowest BCUT2D eigenvalue weighted by Crippen LogP contribution is -2.12. The van der Waals surface area contributed by atoms with Crippen molar-refractivity contribution < 1.29 is 9.13 Å². The van der Waals surface area contributed by atoms with Crippen LogP contribution in [0.5, 0.6) is 11.5 Å². The first-order valence-electron chi connectivity index (χ1n) is 6.41. The minimum Gasteiger partial charge on any atom is -0.455 e. The molecule has 0 aromatic heterocycles. The highest BCUT2D eigenvalue weighted by molar-refractivity contribution is 5.55. The van der Waals surface area contributed by atoms with E-state index in [4.69, 9.17) is 15.7 Å². The van der Waals surface area contributed by atoms with Crippen molar-refractivity contribution in [3.05, 3.63) is 53.3 Å². The molecule has 2 rings (SSSR count). The molecule has 108 valence electrons. The van der Waals surface area contributed by atoms with Crippen molar-refractivity contribution in [3.8, 4) is 17.6 Å². The molecular formula is C16H16FN3O. The summed E-state index contributed by atoms with van der Waals surface area (Å²) in [5, 5.41) is 8.96. The van der Waals surface area contributed by atoms with Crippen LogP contribution in [0, 0.1) is 17.1 Å². The van der Waals surface area contributed by atoms with E-state index >= 15 is 0 Å². The minimum absolute atomic E-state index is 0.0537. The van der Waals surface area contributed by atoms with Gasteiger partial charge in [-0.1, -0.05) is 12.1 Å². The van der Waals surface area contributed by atoms with Gasteiger partial charge in [-0.2, -0.15) is 5.26 Å². The zero-order valence-corrected chi connectivity index (χ0v) is 11.9. The van der Waals surface area contributed by atoms with Gasteiger partial charge in [0, 0.05) is 18.2 Å². The molecule has 0 heterocycles. The number of benzene rings is 2. The SMILES string of the molecule is CN(C)Cc1cc(F)c(C#N)cc1Oc1ccccc1N. The summed E-state index contributed by atoms with van der Waals surface area (Å²) < 4.78 is 19.5. The molecule has 21 heavy (non-hydrogen) atoms. The normalized spacial score (nSPS) is 10.4. The fourth-order valence-corrected chi connectivity index (χ4v) is 1.93. The molecule has 2 N–H and O–H groups in total. The third kappa shape index (κ3) is 3.50. The summed E-state index contributed by atoms with van der Waals surface area (Å²) in [6.45, 7) is 0.491. The zero-order chi connectivity index (χ0) is 15.4. The van der Waals surface area contributed by atoms with Crippen LogP contribution in [0.25, 0.3) is 0 Å². The minimum atomic E-state index is -0.553. The number of ether oxygens (including phenoxy) is 1. The predicted octanol–water partition coefficient (Wildman–Crippen LogP) is 3.13. The largest absolute Gasteiger partial charge is 0.455 e. The van der Waals surface area contributed by atoms with E-state index in [0.29, 0.717) is 29.3 Å². The van der Waals surface area contributed by atoms with Crippen molar-refractivity contribution in [2.75, 3.05) is 19.8 Å². The van der Waals surface area contributed by atoms with Gasteiger partial charge in [-0.05, 0) is 32.3 Å². The molecule has 4 nitrogen and oxygen atoms in total. The molecular weight excluding hydrogens is 269 g/mol. The van der Waals surface area contributed by atoms with E-state index in [1.165, 1.54) is 12.1 Å². The maximum absolute atomic E-state index is 13.8. The molecule has 2 aromatic rings. The molecule has 0 aliphatic carbocycles. The molecule has 0 radical (unpaired) electrons. The monoisotopic (exact) mass is 285 g/mol. The summed E-state index contributed by atoms with van der Waals surface area (Å²) in [4.78, 5) is 1.89. The van der Waals surface area contributed by atoms with Crippen LogP contribution >= 0.6 is 0 Å². The van der Waals surface area contributed by atoms with Gasteiger partial charge in [0.1, 0.15) is 23.4 Å². The van der Waals surface area contributed by atoms with E-state index in [1.807, 2.05) is 25.1 Å². The third-order valence-corrected chi connectivity index (χ3v) is 2.90. The Bertz CT molecular complexity index is 692. The number of nitrogen functional groups attached to an aromatic ring is 1. The van der Waals surface area contributed by atoms with Crippen LogP contribution in [0.3, 0.4) is 0 Å². The first kappa shape index (κ1) is 14.8. The lowest BCUT2D eigenvalue weighted by Gasteiger charge is -2.16. The number of rotatable bonds is 4. The third-order valence-electron chi connectivity index (χ3n) is 2.90. The van der Waals surface area contributed by atoms with Gasteiger partial charge in [0.2, 0.25) is 0 Å². The highest BCUT2D eigenvalue weighted by Crippen LogP contribution is 2.31. The summed E-state index contributed by atoms with van der Waals surface area (Å²) in [5.74, 6) is 0.357. The summed E-state index contributed by atoms with van der Waals surface area (Å²) in [6, 6.07) is 11.6. The first-order chi connectivity index (χ1) is 10.0. The predicted molar refractivity (Wildman–Crippen MR) is 79.4 cm³/mol. The average Bonchev–Trinajstić information content (AvgIpc) is 2.43. The van der Waals surface area contributed by atoms with Gasteiger partial charge >= 0.3 is 0 Å². The Morgan fingerprint density at radius 2 is 1.95 bits per heavy atom. The summed E-state index contributed by atoms with van der Waals surface area (Å²) in [7, 11) is 3.74. The number of nitriles is 1. The topological polar surface area (TPSA) is 62.3 Å². The van der Waals surface area contributed by atoms with Crippen LogP contribution in [0.2, 0.25) is 0 Å². The number of anilines is 1. The van der Waals surface area contributed by atoms with Crippen molar-refractivity contribution in [2.45, 2.75) is 6.54 Å². The van der Waals surface area contributed by atoms with Crippen molar-refractivity contribution in [1.82, 2.24) is 4.90 Å². The molecule has 0 aliphatic rings. The van der Waals surface area contributed by atoms with E-state index in [1.54, 1.807) is 24.3 Å². The second-order valence-electron chi connectivity index (χ2n) is 4.93. The molecule has 2 aromatic carbocycles. The van der Waals surface area contributed by atoms with Crippen LogP contribution < -0.4 is 10.5 Å². The second-order valence-corrected chi connectivity index (χ2v) is 4.93. The van der Waals surface area contributed by atoms with Gasteiger partial charge in [-0.25, -0.2) is 4.39 Å². The fourth-order valence-electron chi connectivity index (χ4n) is 1.93. The molecule has 0 aliphatic heterocycles. The number of para-hydroxylation sites is 2. The Labute approximate surface area is 123 Å². The smallest absolute Gasteiger partial charge is 0.150 e. The Morgan fingerprint density at radius 1 is 1.24 bits per heavy atom. The van der Waals surface area contributed by atoms with Crippen LogP contribution in [0.15, 0.2) is 36.4 Å². The first-order valence-corrected chi connectivity index (χ1v) is 6.41. The molecule has 0 amide bonds. The van der Waals surface area contributed by atoms with Crippen LogP contribution in [0.4, 0.5) is 10.1 Å². The number of hydrogen-bond acceptors (Lipinski definition) is 4. The molecule has 0 fully saturated rings. The lowest BCUT2D eigenvalue weighted by molar-refractivity contribution is 0.387. The maximum Gasteiger partial charge on any atom is 0.150 e. The van der Waals surface area contributed by atoms with Gasteiger partial charge in [0.05, 0.1) is 11.3 Å². The van der Waals surface area contributed by atoms with Crippen molar-refractivity contribution in [2.24, 2.45) is 0 Å². The van der Waals surface area contributed by atoms with Crippen molar-refractivity contribution in [3.63, 3.8) is 0 Å². The average molecular weight is 285 g/mol. The summed E-state index contributed by atoms with van der Waals surface area (Å²) in [5.41, 5.74) is 6.93. The highest BCUT2D eigenvalue weighted by Gasteiger charge is 2.13. The van der Waals surface area contributed by atoms with Gasteiger partial charge in [-0.3, -0.25) is 0 Å². The lowest BCUT2D eigenvalue weighted by atomic mass is 10.1. The van der Waals surface area contributed by atoms with E-state index < -0.39 is 5.82 Å². The second kappa shape index (κ2) is 6.25. The van der Waals surface area contributed by atoms with Crippen LogP contribution in [-0.2, 0) is 6.54 Å². The number of nitrogens with zero attached hydrogens (tertiary/aromatic N) is 2. The van der Waals surface area contributed by atoms with Gasteiger partial charge < -0.3 is 15.4 Å². The Balaban J connectivity index is 2.45. The summed E-state index contributed by atoms with van der Waals surface area (Å²) >= 11 is 0. The van der Waals surface area contributed by atoms with Gasteiger partial charge in [0.25, 0.3) is 0 Å². The summed E-state index contributed by atoms with van der Waals surface area (Å²) in [6.07, 6.45) is 0. The number of nitrogens with two attached hydrogens (primary N) is 1. The molecule has 0 unspecified atom stereocenters. The zero-order valence-electron chi connectivity index (χ0n) is 11.9. The van der Waals surface area contributed by atoms with Crippen molar-refractivity contribution in [1.29, 1.82) is 5.26 Å². The standard InChI is InChI=1S/C16H16FN3O/c1-20(2)10-12-7-13(17)11(9-18)8-16(12)21-15-6-4-3-5-14(15)19/h3-8H,10,19H2,1-2H3. The van der Waals surface area contributed by atoms with Gasteiger partial charge in [-0.15, -0.1) is 0 Å². The maximum atomic E-state index is 13.8. The van der Waals surface area contributed by atoms with E-state index in [9.17, 15) is 4.39 Å². The Hall–Kier alpha value is -2.58. The molecule has 0 saturated heterocycles. The van der Waals surface area contributed by atoms with E-state index in [-0.39, 0.29) is 5.56 Å². The fraction of sp³-hybridized carbons (Fsp3) is 0.188. The van der Waals surface area contributed by atoms with Crippen LogP contribution in [0.1, 0.15) is 11.1 Å². The molecule has 0 bridgehead atoms. The van der Waals surface area contributed by atoms with Crippen molar-refractivity contribution >= 4 is 5.69 Å². The van der Waals surface area contributed by atoms with Gasteiger partial charge in [0.15, 0.2) is 0 Å². The van der Waals surface area contributed by atoms with E-state index in [0.717, 1.165) is 0 Å². The number of hydrogen-bond donors (Lipinski definition) is 1. The molecule has 0 saturated carbocycles. The van der Waals surface area contributed by atoms with Crippen LogP contribution in [-0.4, -0.2) is 19.0 Å². The highest BCUT2D eigenvalue weighted by atomic mass is 19.1. The molecule has 0 atom stereocenters. The van der Waals surface area contributed by atoms with E-state index in [2.05, 4.69) is 0 Å². The quantitative estimate of drug-likeness (QED) is 0.877.